The molecule has 0 aliphatic rings. The fourth-order valence-corrected chi connectivity index (χ4v) is 1.83. The summed E-state index contributed by atoms with van der Waals surface area (Å²) in [6.07, 6.45) is 5.44. The molecule has 1 atom stereocenters. The molecule has 0 spiro atoms. The van der Waals surface area contributed by atoms with Crippen molar-refractivity contribution in [1.82, 2.24) is 14.9 Å². The third kappa shape index (κ3) is 3.62. The van der Waals surface area contributed by atoms with E-state index in [1.165, 1.54) is 12.1 Å². The Bertz CT molecular complexity index is 522. The van der Waals surface area contributed by atoms with Crippen molar-refractivity contribution in [2.45, 2.75) is 19.5 Å². The molecule has 100 valence electrons. The molecular weight excluding hydrogens is 244 g/mol. The monoisotopic (exact) mass is 260 g/mol. The number of nitrogens with zero attached hydrogens (tertiary/aromatic N) is 3. The highest BCUT2D eigenvalue weighted by Gasteiger charge is 2.08. The molecule has 0 aliphatic carbocycles. The number of aromatic nitrogens is 2. The number of benzene rings is 1. The molecule has 6 nitrogen and oxygen atoms in total. The Balaban J connectivity index is 1.85. The van der Waals surface area contributed by atoms with Crippen molar-refractivity contribution >= 4 is 5.69 Å². The first-order valence-corrected chi connectivity index (χ1v) is 6.10. The maximum absolute atomic E-state index is 10.6. The molecule has 0 saturated heterocycles. The summed E-state index contributed by atoms with van der Waals surface area (Å²) in [7, 11) is 0. The van der Waals surface area contributed by atoms with E-state index in [2.05, 4.69) is 10.3 Å². The predicted octanol–water partition coefficient (Wildman–Crippen LogP) is 2.14. The van der Waals surface area contributed by atoms with Crippen molar-refractivity contribution in [3.05, 3.63) is 58.7 Å². The molecule has 0 amide bonds. The number of nitrogens with one attached hydrogen (secondary N) is 1. The highest BCUT2D eigenvalue weighted by atomic mass is 16.6. The second-order valence-electron chi connectivity index (χ2n) is 4.32. The summed E-state index contributed by atoms with van der Waals surface area (Å²) in [5.74, 6) is 0. The van der Waals surface area contributed by atoms with Gasteiger partial charge in [0.15, 0.2) is 0 Å². The molecule has 2 aromatic rings. The smallest absolute Gasteiger partial charge is 0.269 e. The third-order valence-electron chi connectivity index (χ3n) is 2.98. The van der Waals surface area contributed by atoms with Crippen LogP contribution in [0.2, 0.25) is 0 Å². The Labute approximate surface area is 111 Å². The van der Waals surface area contributed by atoms with Crippen molar-refractivity contribution in [3.8, 4) is 0 Å². The largest absolute Gasteiger partial charge is 0.336 e. The molecule has 19 heavy (non-hydrogen) atoms. The maximum atomic E-state index is 10.6. The van der Waals surface area contributed by atoms with Gasteiger partial charge in [0.25, 0.3) is 5.69 Å². The topological polar surface area (TPSA) is 73.0 Å². The highest BCUT2D eigenvalue weighted by Crippen LogP contribution is 2.17. The molecule has 1 heterocycles. The van der Waals surface area contributed by atoms with Gasteiger partial charge in [-0.05, 0) is 12.5 Å². The van der Waals surface area contributed by atoms with Crippen LogP contribution in [-0.4, -0.2) is 21.0 Å². The van der Waals surface area contributed by atoms with Crippen LogP contribution in [0, 0.1) is 10.1 Å². The summed E-state index contributed by atoms with van der Waals surface area (Å²) in [6.45, 7) is 3.70. The van der Waals surface area contributed by atoms with E-state index in [-0.39, 0.29) is 16.7 Å². The Morgan fingerprint density at radius 2 is 2.16 bits per heavy atom. The van der Waals surface area contributed by atoms with Gasteiger partial charge < -0.3 is 9.88 Å². The van der Waals surface area contributed by atoms with E-state index >= 15 is 0 Å². The molecule has 1 N–H and O–H groups in total. The number of non-ortho nitro benzene ring substituents is 1. The predicted molar refractivity (Wildman–Crippen MR) is 71.7 cm³/mol. The molecule has 0 radical (unpaired) electrons. The van der Waals surface area contributed by atoms with E-state index in [4.69, 9.17) is 0 Å². The first kappa shape index (κ1) is 13.2. The zero-order valence-electron chi connectivity index (χ0n) is 10.7. The summed E-state index contributed by atoms with van der Waals surface area (Å²) in [5.41, 5.74) is 1.16. The molecule has 0 aliphatic heterocycles. The fourth-order valence-electron chi connectivity index (χ4n) is 1.83. The number of nitro groups is 1. The first-order chi connectivity index (χ1) is 9.16. The van der Waals surface area contributed by atoms with Crippen LogP contribution >= 0.6 is 0 Å². The number of hydrogen-bond acceptors (Lipinski definition) is 4. The van der Waals surface area contributed by atoms with Crippen LogP contribution in [0.1, 0.15) is 18.5 Å². The van der Waals surface area contributed by atoms with Crippen LogP contribution in [0.5, 0.6) is 0 Å². The second kappa shape index (κ2) is 6.10. The number of nitro benzene ring substituents is 1. The molecule has 0 fully saturated rings. The number of hydrogen-bond donors (Lipinski definition) is 1. The Morgan fingerprint density at radius 1 is 1.42 bits per heavy atom. The van der Waals surface area contributed by atoms with Crippen LogP contribution in [0.15, 0.2) is 43.0 Å². The van der Waals surface area contributed by atoms with Crippen LogP contribution in [-0.2, 0) is 6.54 Å². The molecule has 0 saturated carbocycles. The first-order valence-electron chi connectivity index (χ1n) is 6.10. The lowest BCUT2D eigenvalue weighted by Crippen LogP contribution is -2.23. The Hall–Kier alpha value is -2.21. The zero-order chi connectivity index (χ0) is 13.7. The fraction of sp³-hybridized carbons (Fsp3) is 0.308. The van der Waals surface area contributed by atoms with E-state index in [1.54, 1.807) is 24.7 Å². The number of imidazole rings is 1. The molecule has 0 bridgehead atoms. The van der Waals surface area contributed by atoms with Gasteiger partial charge in [-0.25, -0.2) is 4.98 Å². The van der Waals surface area contributed by atoms with Crippen LogP contribution in [0.25, 0.3) is 0 Å². The highest BCUT2D eigenvalue weighted by molar-refractivity contribution is 5.33. The molecule has 2 rings (SSSR count). The van der Waals surface area contributed by atoms with Gasteiger partial charge in [-0.15, -0.1) is 0 Å². The van der Waals surface area contributed by atoms with Crippen molar-refractivity contribution in [2.24, 2.45) is 0 Å². The second-order valence-corrected chi connectivity index (χ2v) is 4.32. The summed E-state index contributed by atoms with van der Waals surface area (Å²) < 4.78 is 2.00. The van der Waals surface area contributed by atoms with Crippen LogP contribution in [0.4, 0.5) is 5.69 Å². The zero-order valence-corrected chi connectivity index (χ0v) is 10.7. The van der Waals surface area contributed by atoms with Crippen molar-refractivity contribution in [1.29, 1.82) is 0 Å². The van der Waals surface area contributed by atoms with Crippen molar-refractivity contribution < 1.29 is 4.92 Å². The van der Waals surface area contributed by atoms with Gasteiger partial charge >= 0.3 is 0 Å². The minimum atomic E-state index is -0.388. The lowest BCUT2D eigenvalue weighted by Gasteiger charge is -2.14. The molecule has 6 heteroatoms. The van der Waals surface area contributed by atoms with Gasteiger partial charge in [-0.3, -0.25) is 10.1 Å². The minimum Gasteiger partial charge on any atom is -0.336 e. The van der Waals surface area contributed by atoms with Gasteiger partial charge in [0, 0.05) is 43.7 Å². The van der Waals surface area contributed by atoms with Crippen molar-refractivity contribution in [2.75, 3.05) is 6.54 Å². The summed E-state index contributed by atoms with van der Waals surface area (Å²) in [6, 6.07) is 6.79. The standard InChI is InChI=1S/C13H16N4O2/c1-11(15-7-9-16-8-6-14-10-16)12-2-4-13(5-3-12)17(18)19/h2-6,8,10-11,15H,7,9H2,1H3. The maximum Gasteiger partial charge on any atom is 0.269 e. The number of rotatable bonds is 6. The van der Waals surface area contributed by atoms with Gasteiger partial charge in [-0.1, -0.05) is 12.1 Å². The Morgan fingerprint density at radius 3 is 2.74 bits per heavy atom. The van der Waals surface area contributed by atoms with Crippen LogP contribution in [0.3, 0.4) is 0 Å². The Kier molecular flexibility index (Phi) is 4.25. The SMILES string of the molecule is CC(NCCn1ccnc1)c1ccc([N+](=O)[O-])cc1. The summed E-state index contributed by atoms with van der Waals surface area (Å²) >= 11 is 0. The summed E-state index contributed by atoms with van der Waals surface area (Å²) in [5, 5.41) is 13.9. The van der Waals surface area contributed by atoms with Gasteiger partial charge in [0.05, 0.1) is 11.3 Å². The lowest BCUT2D eigenvalue weighted by molar-refractivity contribution is -0.384. The van der Waals surface area contributed by atoms with E-state index in [1.807, 2.05) is 17.7 Å². The van der Waals surface area contributed by atoms with E-state index in [9.17, 15) is 10.1 Å². The van der Waals surface area contributed by atoms with Crippen LogP contribution < -0.4 is 5.32 Å². The quantitative estimate of drug-likeness (QED) is 0.638. The summed E-state index contributed by atoms with van der Waals surface area (Å²) in [4.78, 5) is 14.2. The van der Waals surface area contributed by atoms with Gasteiger partial charge in [-0.2, -0.15) is 0 Å². The van der Waals surface area contributed by atoms with E-state index < -0.39 is 0 Å². The molecular formula is C13H16N4O2. The minimum absolute atomic E-state index is 0.120. The van der Waals surface area contributed by atoms with E-state index in [0.29, 0.717) is 0 Å². The normalized spacial score (nSPS) is 12.3. The van der Waals surface area contributed by atoms with Crippen molar-refractivity contribution in [3.63, 3.8) is 0 Å². The van der Waals surface area contributed by atoms with Gasteiger partial charge in [0.2, 0.25) is 0 Å². The lowest BCUT2D eigenvalue weighted by atomic mass is 10.1. The van der Waals surface area contributed by atoms with Gasteiger partial charge in [0.1, 0.15) is 0 Å². The molecule has 1 aromatic heterocycles. The molecule has 1 unspecified atom stereocenters. The third-order valence-corrected chi connectivity index (χ3v) is 2.98. The van der Waals surface area contributed by atoms with E-state index in [0.717, 1.165) is 18.7 Å². The average Bonchev–Trinajstić information content (AvgIpc) is 2.92. The molecule has 1 aromatic carbocycles. The average molecular weight is 260 g/mol.